The smallest absolute Gasteiger partial charge is 0.227 e. The monoisotopic (exact) mass is 366 g/mol. The Morgan fingerprint density at radius 3 is 2.33 bits per heavy atom. The van der Waals surface area contributed by atoms with Crippen molar-refractivity contribution in [3.05, 3.63) is 47.5 Å². The number of hydrogen-bond acceptors (Lipinski definition) is 3. The zero-order chi connectivity index (χ0) is 19.6. The normalized spacial score (nSPS) is 32.8. The van der Waals surface area contributed by atoms with Crippen LogP contribution in [0.25, 0.3) is 0 Å². The van der Waals surface area contributed by atoms with Gasteiger partial charge in [-0.25, -0.2) is 0 Å². The largest absolute Gasteiger partial charge is 0.550 e. The van der Waals surface area contributed by atoms with E-state index < -0.39 is 17.8 Å². The first kappa shape index (κ1) is 18.3. The maximum atomic E-state index is 13.7. The molecule has 0 N–H and O–H groups in total. The van der Waals surface area contributed by atoms with Crippen LogP contribution in [0, 0.1) is 23.7 Å². The number of fused-ring (bicyclic) bond motifs is 3. The van der Waals surface area contributed by atoms with E-state index in [4.69, 9.17) is 0 Å². The Morgan fingerprint density at radius 2 is 1.67 bits per heavy atom. The minimum atomic E-state index is -1.08. The summed E-state index contributed by atoms with van der Waals surface area (Å²) in [4.78, 5) is 27.4. The number of benzene rings is 1. The number of hydrogen-bond donors (Lipinski definition) is 0. The van der Waals surface area contributed by atoms with Gasteiger partial charge in [0, 0.05) is 24.0 Å². The van der Waals surface area contributed by atoms with Gasteiger partial charge in [-0.1, -0.05) is 50.3 Å². The third-order valence-electron chi connectivity index (χ3n) is 6.96. The van der Waals surface area contributed by atoms with Crippen LogP contribution in [0.15, 0.2) is 36.4 Å². The van der Waals surface area contributed by atoms with Crippen molar-refractivity contribution < 1.29 is 14.7 Å². The zero-order valence-corrected chi connectivity index (χ0v) is 16.6. The molecule has 4 heteroatoms. The molecule has 1 saturated carbocycles. The van der Waals surface area contributed by atoms with Crippen molar-refractivity contribution >= 4 is 11.9 Å². The highest BCUT2D eigenvalue weighted by Gasteiger charge is 2.52. The summed E-state index contributed by atoms with van der Waals surface area (Å²) in [5, 5.41) is 11.8. The first-order valence-electron chi connectivity index (χ1n) is 9.91. The van der Waals surface area contributed by atoms with Gasteiger partial charge in [-0.2, -0.15) is 0 Å². The van der Waals surface area contributed by atoms with Gasteiger partial charge in [0.05, 0.1) is 5.92 Å². The van der Waals surface area contributed by atoms with Gasteiger partial charge in [0.1, 0.15) is 0 Å². The van der Waals surface area contributed by atoms with Crippen LogP contribution in [0.3, 0.4) is 0 Å². The number of carbonyl (C=O) groups excluding carboxylic acids is 2. The van der Waals surface area contributed by atoms with Crippen LogP contribution in [0.4, 0.5) is 0 Å². The van der Waals surface area contributed by atoms with E-state index in [2.05, 4.69) is 45.9 Å². The van der Waals surface area contributed by atoms with E-state index in [1.54, 1.807) is 0 Å². The third-order valence-corrected chi connectivity index (χ3v) is 6.96. The van der Waals surface area contributed by atoms with Crippen molar-refractivity contribution in [3.63, 3.8) is 0 Å². The summed E-state index contributed by atoms with van der Waals surface area (Å²) >= 11 is 0. The molecule has 1 aromatic carbocycles. The topological polar surface area (TPSA) is 60.4 Å². The Labute approximate surface area is 161 Å². The van der Waals surface area contributed by atoms with Crippen molar-refractivity contribution in [2.45, 2.75) is 58.0 Å². The fourth-order valence-corrected chi connectivity index (χ4v) is 6.01. The zero-order valence-electron chi connectivity index (χ0n) is 16.6. The lowest BCUT2D eigenvalue weighted by molar-refractivity contribution is -0.313. The lowest BCUT2D eigenvalue weighted by Crippen LogP contribution is -2.53. The second-order valence-corrected chi connectivity index (χ2v) is 9.77. The van der Waals surface area contributed by atoms with E-state index in [9.17, 15) is 14.7 Å². The lowest BCUT2D eigenvalue weighted by atomic mass is 9.74. The Balaban J connectivity index is 1.73. The predicted molar refractivity (Wildman–Crippen MR) is 101 cm³/mol. The molecule has 144 valence electrons. The molecular weight excluding hydrogens is 338 g/mol. The third kappa shape index (κ3) is 2.81. The maximum Gasteiger partial charge on any atom is 0.227 e. The minimum Gasteiger partial charge on any atom is -0.550 e. The SMILES string of the molecule is CC1(C)CC(C)(C)N(C(=O)[C@@H]2[C@H](C(=O)[O-])[C@H]3C=C[C@@H]2C3)Cc2ccccc21. The van der Waals surface area contributed by atoms with E-state index in [1.165, 1.54) is 5.56 Å². The van der Waals surface area contributed by atoms with Gasteiger partial charge < -0.3 is 14.8 Å². The molecule has 27 heavy (non-hydrogen) atoms. The highest BCUT2D eigenvalue weighted by atomic mass is 16.4. The molecule has 0 unspecified atom stereocenters. The molecule has 1 aliphatic heterocycles. The van der Waals surface area contributed by atoms with E-state index in [1.807, 2.05) is 23.1 Å². The molecule has 1 fully saturated rings. The van der Waals surface area contributed by atoms with Gasteiger partial charge in [-0.15, -0.1) is 0 Å². The van der Waals surface area contributed by atoms with Crippen LogP contribution in [0.2, 0.25) is 0 Å². The van der Waals surface area contributed by atoms with Crippen molar-refractivity contribution in [2.24, 2.45) is 23.7 Å². The minimum absolute atomic E-state index is 0.0210. The maximum absolute atomic E-state index is 13.7. The van der Waals surface area contributed by atoms with Gasteiger partial charge in [0.2, 0.25) is 5.91 Å². The average Bonchev–Trinajstić information content (AvgIpc) is 3.17. The summed E-state index contributed by atoms with van der Waals surface area (Å²) in [6.45, 7) is 9.20. The quantitative estimate of drug-likeness (QED) is 0.756. The first-order valence-corrected chi connectivity index (χ1v) is 9.91. The highest BCUT2D eigenvalue weighted by Crippen LogP contribution is 2.50. The second kappa shape index (κ2) is 5.95. The van der Waals surface area contributed by atoms with Crippen LogP contribution in [-0.2, 0) is 21.5 Å². The van der Waals surface area contributed by atoms with E-state index in [0.29, 0.717) is 6.54 Å². The molecule has 1 aromatic rings. The van der Waals surface area contributed by atoms with Crippen LogP contribution in [0.1, 0.15) is 51.7 Å². The molecule has 0 saturated heterocycles. The molecule has 0 spiro atoms. The number of nitrogens with zero attached hydrogens (tertiary/aromatic N) is 1. The molecular formula is C23H28NO3-. The second-order valence-electron chi connectivity index (χ2n) is 9.77. The molecule has 4 rings (SSSR count). The molecule has 2 bridgehead atoms. The van der Waals surface area contributed by atoms with Crippen molar-refractivity contribution in [1.82, 2.24) is 4.90 Å². The fraction of sp³-hybridized carbons (Fsp3) is 0.565. The molecule has 0 aromatic heterocycles. The Kier molecular flexibility index (Phi) is 4.03. The predicted octanol–water partition coefficient (Wildman–Crippen LogP) is 2.66. The summed E-state index contributed by atoms with van der Waals surface area (Å²) < 4.78 is 0. The van der Waals surface area contributed by atoms with Gasteiger partial charge >= 0.3 is 0 Å². The molecule has 1 heterocycles. The van der Waals surface area contributed by atoms with Crippen molar-refractivity contribution in [1.29, 1.82) is 0 Å². The molecule has 1 amide bonds. The Hall–Kier alpha value is -2.10. The number of carbonyl (C=O) groups is 2. The number of aliphatic carboxylic acids is 1. The molecule has 4 nitrogen and oxygen atoms in total. The van der Waals surface area contributed by atoms with Crippen LogP contribution >= 0.6 is 0 Å². The summed E-state index contributed by atoms with van der Waals surface area (Å²) in [5.74, 6) is -2.36. The molecule has 2 aliphatic carbocycles. The molecule has 4 atom stereocenters. The summed E-state index contributed by atoms with van der Waals surface area (Å²) in [5.41, 5.74) is 2.02. The van der Waals surface area contributed by atoms with Crippen LogP contribution < -0.4 is 5.11 Å². The number of allylic oxidation sites excluding steroid dienone is 2. The van der Waals surface area contributed by atoms with Gasteiger partial charge in [-0.3, -0.25) is 4.79 Å². The lowest BCUT2D eigenvalue weighted by Gasteiger charge is -2.43. The molecule has 0 radical (unpaired) electrons. The number of rotatable bonds is 2. The first-order chi connectivity index (χ1) is 12.6. The Bertz CT molecular complexity index is 823. The van der Waals surface area contributed by atoms with Gasteiger partial charge in [0.25, 0.3) is 0 Å². The van der Waals surface area contributed by atoms with Crippen molar-refractivity contribution in [2.75, 3.05) is 0 Å². The Morgan fingerprint density at radius 1 is 1.04 bits per heavy atom. The van der Waals surface area contributed by atoms with Gasteiger partial charge in [0.15, 0.2) is 0 Å². The average molecular weight is 366 g/mol. The van der Waals surface area contributed by atoms with Crippen molar-refractivity contribution in [3.8, 4) is 0 Å². The van der Waals surface area contributed by atoms with Crippen LogP contribution in [-0.4, -0.2) is 22.3 Å². The fourth-order valence-electron chi connectivity index (χ4n) is 6.01. The summed E-state index contributed by atoms with van der Waals surface area (Å²) in [7, 11) is 0. The van der Waals surface area contributed by atoms with Crippen LogP contribution in [0.5, 0.6) is 0 Å². The standard InChI is InChI=1S/C23H29NO3/c1-22(2)13-23(3,4)24(12-16-7-5-6-8-17(16)22)20(25)18-14-9-10-15(11-14)19(18)21(26)27/h5-10,14-15,18-19H,11-13H2,1-4H3,(H,26,27)/p-1/t14-,15+,18+,19-/m1/s1. The summed E-state index contributed by atoms with van der Waals surface area (Å²) in [6.07, 6.45) is 5.58. The van der Waals surface area contributed by atoms with E-state index >= 15 is 0 Å². The highest BCUT2D eigenvalue weighted by molar-refractivity contribution is 5.87. The summed E-state index contributed by atoms with van der Waals surface area (Å²) in [6, 6.07) is 8.32. The molecule has 3 aliphatic rings. The van der Waals surface area contributed by atoms with Gasteiger partial charge in [-0.05, 0) is 55.1 Å². The number of amides is 1. The van der Waals surface area contributed by atoms with E-state index in [-0.39, 0.29) is 28.7 Å². The van der Waals surface area contributed by atoms with E-state index in [0.717, 1.165) is 18.4 Å². The number of carboxylic acid groups (broad SMARTS) is 1. The number of carboxylic acids is 1.